The number of hydrogen-bond donors (Lipinski definition) is 0. The van der Waals surface area contributed by atoms with Gasteiger partial charge in [0, 0.05) is 12.7 Å². The van der Waals surface area contributed by atoms with Crippen LogP contribution in [-0.4, -0.2) is 35.0 Å². The Morgan fingerprint density at radius 2 is 2.05 bits per heavy atom. The van der Waals surface area contributed by atoms with Crippen molar-refractivity contribution in [1.82, 2.24) is 9.88 Å². The molecule has 1 aromatic carbocycles. The molecular formula is C17H17ClN2O2. The minimum Gasteiger partial charge on any atom is -0.374 e. The van der Waals surface area contributed by atoms with Crippen LogP contribution in [0.25, 0.3) is 0 Å². The molecule has 1 aromatic heterocycles. The molecule has 2 atom stereocenters. The van der Waals surface area contributed by atoms with Gasteiger partial charge in [-0.05, 0) is 24.6 Å². The Kier molecular flexibility index (Phi) is 4.41. The zero-order chi connectivity index (χ0) is 15.5. The Balaban J connectivity index is 1.90. The van der Waals surface area contributed by atoms with Crippen LogP contribution in [-0.2, 0) is 4.74 Å². The maximum atomic E-state index is 12.8. The van der Waals surface area contributed by atoms with Crippen molar-refractivity contribution >= 4 is 17.5 Å². The lowest BCUT2D eigenvalue weighted by Crippen LogP contribution is -2.46. The summed E-state index contributed by atoms with van der Waals surface area (Å²) >= 11 is 5.79. The van der Waals surface area contributed by atoms with E-state index in [1.54, 1.807) is 12.1 Å². The van der Waals surface area contributed by atoms with Crippen LogP contribution >= 0.6 is 11.6 Å². The summed E-state index contributed by atoms with van der Waals surface area (Å²) in [4.78, 5) is 18.7. The second-order valence-electron chi connectivity index (χ2n) is 5.40. The van der Waals surface area contributed by atoms with Gasteiger partial charge in [-0.1, -0.05) is 41.9 Å². The van der Waals surface area contributed by atoms with Crippen molar-refractivity contribution in [1.29, 1.82) is 0 Å². The lowest BCUT2D eigenvalue weighted by molar-refractivity contribution is -0.0447. The van der Waals surface area contributed by atoms with E-state index in [4.69, 9.17) is 16.3 Å². The highest BCUT2D eigenvalue weighted by Gasteiger charge is 2.32. The van der Waals surface area contributed by atoms with Crippen molar-refractivity contribution in [2.75, 3.05) is 13.2 Å². The molecule has 1 amide bonds. The third-order valence-corrected chi connectivity index (χ3v) is 4.01. The largest absolute Gasteiger partial charge is 0.374 e. The molecule has 0 saturated carbocycles. The van der Waals surface area contributed by atoms with Gasteiger partial charge in [-0.15, -0.1) is 0 Å². The van der Waals surface area contributed by atoms with E-state index in [2.05, 4.69) is 4.98 Å². The van der Waals surface area contributed by atoms with Gasteiger partial charge >= 0.3 is 0 Å². The molecule has 0 radical (unpaired) electrons. The fourth-order valence-electron chi connectivity index (χ4n) is 2.65. The molecule has 114 valence electrons. The number of benzene rings is 1. The lowest BCUT2D eigenvalue weighted by atomic mass is 10.0. The van der Waals surface area contributed by atoms with E-state index in [9.17, 15) is 4.79 Å². The number of hydrogen-bond acceptors (Lipinski definition) is 3. The van der Waals surface area contributed by atoms with E-state index < -0.39 is 0 Å². The fourth-order valence-corrected chi connectivity index (χ4v) is 2.76. The average Bonchev–Trinajstić information content (AvgIpc) is 2.55. The Bertz CT molecular complexity index is 645. The molecule has 1 saturated heterocycles. The second kappa shape index (κ2) is 6.46. The molecule has 0 spiro atoms. The zero-order valence-corrected chi connectivity index (χ0v) is 13.0. The van der Waals surface area contributed by atoms with Gasteiger partial charge in [0.05, 0.1) is 24.3 Å². The number of pyridine rings is 1. The van der Waals surface area contributed by atoms with Crippen molar-refractivity contribution < 1.29 is 9.53 Å². The number of amides is 1. The van der Waals surface area contributed by atoms with E-state index in [1.165, 1.54) is 6.20 Å². The number of rotatable bonds is 2. The van der Waals surface area contributed by atoms with Crippen LogP contribution in [0.15, 0.2) is 48.7 Å². The van der Waals surface area contributed by atoms with E-state index in [1.807, 2.05) is 42.2 Å². The van der Waals surface area contributed by atoms with Crippen molar-refractivity contribution in [3.8, 4) is 0 Å². The minimum atomic E-state index is -0.0828. The first-order valence-corrected chi connectivity index (χ1v) is 7.62. The molecule has 22 heavy (non-hydrogen) atoms. The minimum absolute atomic E-state index is 0.0178. The smallest absolute Gasteiger partial charge is 0.256 e. The summed E-state index contributed by atoms with van der Waals surface area (Å²) < 4.78 is 5.75. The van der Waals surface area contributed by atoms with Gasteiger partial charge in [0.25, 0.3) is 5.91 Å². The predicted octanol–water partition coefficient (Wildman–Crippen LogP) is 3.34. The molecule has 2 aromatic rings. The standard InChI is InChI=1S/C17H17ClN2O2/c1-12-10-20(17(21)14-7-8-16(18)19-9-14)15(11-22-12)13-5-3-2-4-6-13/h2-9,12,15H,10-11H2,1H3. The molecule has 2 unspecified atom stereocenters. The van der Waals surface area contributed by atoms with Gasteiger partial charge < -0.3 is 9.64 Å². The van der Waals surface area contributed by atoms with E-state index >= 15 is 0 Å². The first-order chi connectivity index (χ1) is 10.6. The van der Waals surface area contributed by atoms with Crippen molar-refractivity contribution in [2.24, 2.45) is 0 Å². The normalized spacial score (nSPS) is 21.6. The molecule has 1 fully saturated rings. The Hall–Kier alpha value is -1.91. The van der Waals surface area contributed by atoms with Crippen LogP contribution in [0, 0.1) is 0 Å². The summed E-state index contributed by atoms with van der Waals surface area (Å²) in [5.41, 5.74) is 1.61. The van der Waals surface area contributed by atoms with Crippen LogP contribution in [0.2, 0.25) is 5.15 Å². The van der Waals surface area contributed by atoms with Crippen molar-refractivity contribution in [3.05, 3.63) is 64.9 Å². The van der Waals surface area contributed by atoms with Gasteiger partial charge in [-0.25, -0.2) is 4.98 Å². The highest BCUT2D eigenvalue weighted by molar-refractivity contribution is 6.29. The van der Waals surface area contributed by atoms with Gasteiger partial charge in [0.2, 0.25) is 0 Å². The summed E-state index contributed by atoms with van der Waals surface area (Å²) in [6, 6.07) is 13.2. The Labute approximate surface area is 134 Å². The number of morpholine rings is 1. The van der Waals surface area contributed by atoms with Crippen LogP contribution in [0.1, 0.15) is 28.9 Å². The number of halogens is 1. The molecule has 2 heterocycles. The molecule has 0 bridgehead atoms. The van der Waals surface area contributed by atoms with Gasteiger partial charge in [0.15, 0.2) is 0 Å². The number of carbonyl (C=O) groups is 1. The third-order valence-electron chi connectivity index (χ3n) is 3.79. The van der Waals surface area contributed by atoms with Crippen molar-refractivity contribution in [2.45, 2.75) is 19.1 Å². The van der Waals surface area contributed by atoms with Crippen molar-refractivity contribution in [3.63, 3.8) is 0 Å². The second-order valence-corrected chi connectivity index (χ2v) is 5.78. The SMILES string of the molecule is CC1CN(C(=O)c2ccc(Cl)nc2)C(c2ccccc2)CO1. The summed E-state index contributed by atoms with van der Waals surface area (Å²) in [7, 11) is 0. The zero-order valence-electron chi connectivity index (χ0n) is 12.3. The van der Waals surface area contributed by atoms with Crippen LogP contribution in [0.5, 0.6) is 0 Å². The summed E-state index contributed by atoms with van der Waals surface area (Å²) in [5.74, 6) is -0.0480. The molecular weight excluding hydrogens is 300 g/mol. The van der Waals surface area contributed by atoms with Crippen LogP contribution in [0.4, 0.5) is 0 Å². The molecule has 0 N–H and O–H groups in total. The number of ether oxygens (including phenoxy) is 1. The third kappa shape index (κ3) is 3.13. The van der Waals surface area contributed by atoms with Crippen LogP contribution < -0.4 is 0 Å². The summed E-state index contributed by atoms with van der Waals surface area (Å²) in [6.45, 7) is 3.03. The average molecular weight is 317 g/mol. The highest BCUT2D eigenvalue weighted by Crippen LogP contribution is 2.27. The molecule has 3 rings (SSSR count). The van der Waals surface area contributed by atoms with E-state index in [-0.39, 0.29) is 18.1 Å². The van der Waals surface area contributed by atoms with E-state index in [0.717, 1.165) is 5.56 Å². The first kappa shape index (κ1) is 15.0. The molecule has 0 aliphatic carbocycles. The molecule has 1 aliphatic heterocycles. The molecule has 4 nitrogen and oxygen atoms in total. The van der Waals surface area contributed by atoms with Gasteiger partial charge in [-0.3, -0.25) is 4.79 Å². The van der Waals surface area contributed by atoms with Gasteiger partial charge in [-0.2, -0.15) is 0 Å². The quantitative estimate of drug-likeness (QED) is 0.798. The Morgan fingerprint density at radius 1 is 1.27 bits per heavy atom. The number of carbonyl (C=O) groups excluding carboxylic acids is 1. The Morgan fingerprint density at radius 3 is 2.73 bits per heavy atom. The lowest BCUT2D eigenvalue weighted by Gasteiger charge is -2.39. The monoisotopic (exact) mass is 316 g/mol. The number of nitrogens with zero attached hydrogens (tertiary/aromatic N) is 2. The molecule has 1 aliphatic rings. The maximum Gasteiger partial charge on any atom is 0.256 e. The van der Waals surface area contributed by atoms with Crippen LogP contribution in [0.3, 0.4) is 0 Å². The topological polar surface area (TPSA) is 42.4 Å². The highest BCUT2D eigenvalue weighted by atomic mass is 35.5. The fraction of sp³-hybridized carbons (Fsp3) is 0.294. The summed E-state index contributed by atoms with van der Waals surface area (Å²) in [5, 5.41) is 0.381. The summed E-state index contributed by atoms with van der Waals surface area (Å²) in [6.07, 6.45) is 1.54. The predicted molar refractivity (Wildman–Crippen MR) is 84.9 cm³/mol. The van der Waals surface area contributed by atoms with E-state index in [0.29, 0.717) is 23.9 Å². The first-order valence-electron chi connectivity index (χ1n) is 7.24. The maximum absolute atomic E-state index is 12.8. The number of aromatic nitrogens is 1. The molecule has 5 heteroatoms. The van der Waals surface area contributed by atoms with Gasteiger partial charge in [0.1, 0.15) is 5.15 Å².